The number of nitrogens with one attached hydrogen (secondary N) is 1. The van der Waals surface area contributed by atoms with E-state index in [-0.39, 0.29) is 5.91 Å². The van der Waals surface area contributed by atoms with Gasteiger partial charge < -0.3 is 5.32 Å². The third-order valence-electron chi connectivity index (χ3n) is 4.19. The average molecular weight is 294 g/mol. The maximum atomic E-state index is 12.3. The Morgan fingerprint density at radius 3 is 2.77 bits per heavy atom. The Kier molecular flexibility index (Phi) is 4.54. The van der Waals surface area contributed by atoms with Gasteiger partial charge in [0.1, 0.15) is 0 Å². The Hall–Kier alpha value is -2.13. The maximum Gasteiger partial charge on any atom is 0.238 e. The molecule has 3 rings (SSSR count). The van der Waals surface area contributed by atoms with Gasteiger partial charge in [-0.3, -0.25) is 9.69 Å². The van der Waals surface area contributed by atoms with Gasteiger partial charge in [0.15, 0.2) is 0 Å². The fourth-order valence-electron chi connectivity index (χ4n) is 3.18. The van der Waals surface area contributed by atoms with Gasteiger partial charge in [-0.25, -0.2) is 0 Å². The van der Waals surface area contributed by atoms with Crippen molar-refractivity contribution in [1.82, 2.24) is 4.90 Å². The summed E-state index contributed by atoms with van der Waals surface area (Å²) in [5, 5.41) is 2.97. The number of amides is 1. The second-order valence-electron chi connectivity index (χ2n) is 5.96. The lowest BCUT2D eigenvalue weighted by atomic mass is 10.0. The minimum atomic E-state index is 0.0609. The normalized spacial score (nSPS) is 18.3. The molecule has 2 aromatic carbocycles. The van der Waals surface area contributed by atoms with Crippen LogP contribution in [0.1, 0.15) is 30.0 Å². The predicted octanol–water partition coefficient (Wildman–Crippen LogP) is 3.77. The Morgan fingerprint density at radius 1 is 1.18 bits per heavy atom. The predicted molar refractivity (Wildman–Crippen MR) is 89.8 cm³/mol. The van der Waals surface area contributed by atoms with Gasteiger partial charge in [-0.15, -0.1) is 0 Å². The van der Waals surface area contributed by atoms with Gasteiger partial charge in [-0.1, -0.05) is 48.0 Å². The molecule has 3 heteroatoms. The number of carbonyl (C=O) groups excluding carboxylic acids is 1. The molecule has 0 saturated carbocycles. The van der Waals surface area contributed by atoms with E-state index in [9.17, 15) is 4.79 Å². The van der Waals surface area contributed by atoms with Crippen LogP contribution in [0.5, 0.6) is 0 Å². The summed E-state index contributed by atoms with van der Waals surface area (Å²) in [6.45, 7) is 3.55. The Bertz CT molecular complexity index is 639. The molecule has 1 unspecified atom stereocenters. The smallest absolute Gasteiger partial charge is 0.238 e. The van der Waals surface area contributed by atoms with E-state index in [1.807, 2.05) is 30.3 Å². The molecule has 0 aliphatic carbocycles. The van der Waals surface area contributed by atoms with E-state index in [1.165, 1.54) is 11.1 Å². The summed E-state index contributed by atoms with van der Waals surface area (Å²) in [6.07, 6.45) is 2.28. The molecule has 0 aromatic heterocycles. The number of anilines is 1. The van der Waals surface area contributed by atoms with Crippen molar-refractivity contribution in [3.8, 4) is 0 Å². The van der Waals surface area contributed by atoms with Gasteiger partial charge in [0, 0.05) is 11.7 Å². The molecule has 22 heavy (non-hydrogen) atoms. The van der Waals surface area contributed by atoms with E-state index in [4.69, 9.17) is 0 Å². The molecule has 2 aromatic rings. The van der Waals surface area contributed by atoms with Gasteiger partial charge in [0.25, 0.3) is 0 Å². The Balaban J connectivity index is 1.65. The van der Waals surface area contributed by atoms with Crippen molar-refractivity contribution in [3.05, 3.63) is 65.7 Å². The maximum absolute atomic E-state index is 12.3. The summed E-state index contributed by atoms with van der Waals surface area (Å²) in [5.41, 5.74) is 3.46. The molecular formula is C19H22N2O. The van der Waals surface area contributed by atoms with E-state index < -0.39 is 0 Å². The lowest BCUT2D eigenvalue weighted by Gasteiger charge is -2.24. The van der Waals surface area contributed by atoms with E-state index >= 15 is 0 Å². The second-order valence-corrected chi connectivity index (χ2v) is 5.96. The molecule has 1 N–H and O–H groups in total. The van der Waals surface area contributed by atoms with Crippen molar-refractivity contribution in [2.45, 2.75) is 25.8 Å². The molecular weight excluding hydrogens is 272 g/mol. The third-order valence-corrected chi connectivity index (χ3v) is 4.19. The highest BCUT2D eigenvalue weighted by Crippen LogP contribution is 2.31. The van der Waals surface area contributed by atoms with E-state index in [0.717, 1.165) is 25.1 Å². The fourth-order valence-corrected chi connectivity index (χ4v) is 3.18. The van der Waals surface area contributed by atoms with Crippen molar-refractivity contribution in [1.29, 1.82) is 0 Å². The number of rotatable bonds is 4. The standard InChI is InChI=1S/C19H22N2O/c1-15-7-5-8-16(13-15)18-11-6-12-21(18)14-19(22)20-17-9-3-2-4-10-17/h2-5,7-10,13,18H,6,11-12,14H2,1H3,(H,20,22). The highest BCUT2D eigenvalue weighted by atomic mass is 16.2. The minimum Gasteiger partial charge on any atom is -0.325 e. The van der Waals surface area contributed by atoms with Crippen LogP contribution in [0.4, 0.5) is 5.69 Å². The summed E-state index contributed by atoms with van der Waals surface area (Å²) in [4.78, 5) is 14.5. The zero-order valence-electron chi connectivity index (χ0n) is 13.0. The van der Waals surface area contributed by atoms with Gasteiger partial charge in [-0.05, 0) is 44.0 Å². The zero-order chi connectivity index (χ0) is 15.4. The first-order valence-corrected chi connectivity index (χ1v) is 7.88. The summed E-state index contributed by atoms with van der Waals surface area (Å²) in [5.74, 6) is 0.0609. The average Bonchev–Trinajstić information content (AvgIpc) is 2.96. The fraction of sp³-hybridized carbons (Fsp3) is 0.316. The number of para-hydroxylation sites is 1. The summed E-state index contributed by atoms with van der Waals surface area (Å²) >= 11 is 0. The van der Waals surface area contributed by atoms with Crippen LogP contribution in [0.2, 0.25) is 0 Å². The first-order chi connectivity index (χ1) is 10.7. The van der Waals surface area contributed by atoms with Crippen LogP contribution < -0.4 is 5.32 Å². The molecule has 114 valence electrons. The molecule has 1 atom stereocenters. The van der Waals surface area contributed by atoms with Crippen molar-refractivity contribution in [2.24, 2.45) is 0 Å². The van der Waals surface area contributed by atoms with Gasteiger partial charge >= 0.3 is 0 Å². The Labute approximate surface area is 132 Å². The summed E-state index contributed by atoms with van der Waals surface area (Å²) < 4.78 is 0. The van der Waals surface area contributed by atoms with Crippen molar-refractivity contribution in [2.75, 3.05) is 18.4 Å². The molecule has 3 nitrogen and oxygen atoms in total. The van der Waals surface area contributed by atoms with Crippen LogP contribution in [0.15, 0.2) is 54.6 Å². The summed E-state index contributed by atoms with van der Waals surface area (Å²) in [7, 11) is 0. The second kappa shape index (κ2) is 6.75. The van der Waals surface area contributed by atoms with Crippen molar-refractivity contribution >= 4 is 11.6 Å². The first-order valence-electron chi connectivity index (χ1n) is 7.88. The molecule has 0 radical (unpaired) electrons. The Morgan fingerprint density at radius 2 is 2.00 bits per heavy atom. The number of benzene rings is 2. The van der Waals surface area contributed by atoms with Crippen molar-refractivity contribution in [3.63, 3.8) is 0 Å². The largest absolute Gasteiger partial charge is 0.325 e. The number of hydrogen-bond donors (Lipinski definition) is 1. The van der Waals surface area contributed by atoms with Crippen LogP contribution in [0.3, 0.4) is 0 Å². The van der Waals surface area contributed by atoms with E-state index in [2.05, 4.69) is 41.4 Å². The number of aryl methyl sites for hydroxylation is 1. The minimum absolute atomic E-state index is 0.0609. The third kappa shape index (κ3) is 3.55. The molecule has 1 amide bonds. The van der Waals surface area contributed by atoms with Crippen LogP contribution in [-0.4, -0.2) is 23.9 Å². The molecule has 1 aliphatic heterocycles. The zero-order valence-corrected chi connectivity index (χ0v) is 13.0. The number of nitrogens with zero attached hydrogens (tertiary/aromatic N) is 1. The number of likely N-dealkylation sites (tertiary alicyclic amines) is 1. The van der Waals surface area contributed by atoms with Crippen LogP contribution >= 0.6 is 0 Å². The molecule has 0 spiro atoms. The summed E-state index contributed by atoms with van der Waals surface area (Å²) in [6, 6.07) is 18.6. The van der Waals surface area contributed by atoms with Gasteiger partial charge in [0.2, 0.25) is 5.91 Å². The van der Waals surface area contributed by atoms with Gasteiger partial charge in [0.05, 0.1) is 6.54 Å². The molecule has 1 aliphatic rings. The molecule has 1 saturated heterocycles. The van der Waals surface area contributed by atoms with Gasteiger partial charge in [-0.2, -0.15) is 0 Å². The number of hydrogen-bond acceptors (Lipinski definition) is 2. The molecule has 1 fully saturated rings. The quantitative estimate of drug-likeness (QED) is 0.931. The van der Waals surface area contributed by atoms with Crippen LogP contribution in [0, 0.1) is 6.92 Å². The first kappa shape index (κ1) is 14.8. The number of carbonyl (C=O) groups is 1. The SMILES string of the molecule is Cc1cccc(C2CCCN2CC(=O)Nc2ccccc2)c1. The van der Waals surface area contributed by atoms with E-state index in [0.29, 0.717) is 12.6 Å². The van der Waals surface area contributed by atoms with E-state index in [1.54, 1.807) is 0 Å². The van der Waals surface area contributed by atoms with Crippen LogP contribution in [0.25, 0.3) is 0 Å². The highest BCUT2D eigenvalue weighted by Gasteiger charge is 2.27. The lowest BCUT2D eigenvalue weighted by Crippen LogP contribution is -2.32. The van der Waals surface area contributed by atoms with Crippen LogP contribution in [-0.2, 0) is 4.79 Å². The topological polar surface area (TPSA) is 32.3 Å². The van der Waals surface area contributed by atoms with Crippen molar-refractivity contribution < 1.29 is 4.79 Å². The highest BCUT2D eigenvalue weighted by molar-refractivity contribution is 5.92. The monoisotopic (exact) mass is 294 g/mol. The molecule has 0 bridgehead atoms. The lowest BCUT2D eigenvalue weighted by molar-refractivity contribution is -0.117. The molecule has 1 heterocycles.